The molecule has 5 nitrogen and oxygen atoms in total. The number of para-hydroxylation sites is 1. The average Bonchev–Trinajstić information content (AvgIpc) is 2.67. The summed E-state index contributed by atoms with van der Waals surface area (Å²) in [5, 5.41) is 6.69. The summed E-state index contributed by atoms with van der Waals surface area (Å²) >= 11 is 0. The zero-order valence-electron chi connectivity index (χ0n) is 16.3. The lowest BCUT2D eigenvalue weighted by molar-refractivity contribution is 0.414. The first-order chi connectivity index (χ1) is 13.0. The van der Waals surface area contributed by atoms with E-state index in [1.807, 2.05) is 36.4 Å². The molecule has 3 aromatic rings. The first-order valence-corrected chi connectivity index (χ1v) is 9.02. The number of ether oxygens (including phenoxy) is 1. The summed E-state index contributed by atoms with van der Waals surface area (Å²) in [7, 11) is 1.66. The van der Waals surface area contributed by atoms with Crippen molar-refractivity contribution in [3.8, 4) is 5.75 Å². The minimum atomic E-state index is 0.0477. The van der Waals surface area contributed by atoms with Gasteiger partial charge in [0, 0.05) is 18.4 Å². The first-order valence-electron chi connectivity index (χ1n) is 9.02. The standard InChI is InChI=1S/C22H26N4O/c1-22(2,3)18-7-5-6-8-19(18)25-20-13-14-23-21(26-20)24-15-16-9-11-17(27-4)12-10-16/h5-14H,15H2,1-4H3,(H2,23,24,25,26). The Balaban J connectivity index is 1.71. The zero-order valence-corrected chi connectivity index (χ0v) is 16.3. The van der Waals surface area contributed by atoms with Crippen molar-refractivity contribution >= 4 is 17.5 Å². The molecule has 3 rings (SSSR count). The van der Waals surface area contributed by atoms with Crippen molar-refractivity contribution in [2.75, 3.05) is 17.7 Å². The van der Waals surface area contributed by atoms with Gasteiger partial charge in [0.2, 0.25) is 5.95 Å². The number of methoxy groups -OCH3 is 1. The number of nitrogens with zero attached hydrogens (tertiary/aromatic N) is 2. The second kappa shape index (κ2) is 8.08. The molecule has 0 amide bonds. The molecule has 1 heterocycles. The van der Waals surface area contributed by atoms with Gasteiger partial charge in [0.1, 0.15) is 11.6 Å². The first kappa shape index (κ1) is 18.7. The normalized spacial score (nSPS) is 11.1. The van der Waals surface area contributed by atoms with E-state index in [0.29, 0.717) is 12.5 Å². The maximum Gasteiger partial charge on any atom is 0.224 e. The molecule has 0 spiro atoms. The van der Waals surface area contributed by atoms with E-state index in [9.17, 15) is 0 Å². The highest BCUT2D eigenvalue weighted by Crippen LogP contribution is 2.30. The van der Waals surface area contributed by atoms with Crippen LogP contribution in [0.5, 0.6) is 5.75 Å². The molecule has 0 saturated carbocycles. The van der Waals surface area contributed by atoms with Crippen molar-refractivity contribution in [3.63, 3.8) is 0 Å². The summed E-state index contributed by atoms with van der Waals surface area (Å²) in [4.78, 5) is 8.90. The summed E-state index contributed by atoms with van der Waals surface area (Å²) < 4.78 is 5.18. The molecular formula is C22H26N4O. The minimum absolute atomic E-state index is 0.0477. The molecule has 0 radical (unpaired) electrons. The Hall–Kier alpha value is -3.08. The Bertz CT molecular complexity index is 885. The van der Waals surface area contributed by atoms with Gasteiger partial charge in [-0.3, -0.25) is 0 Å². The van der Waals surface area contributed by atoms with Crippen LogP contribution in [0.25, 0.3) is 0 Å². The van der Waals surface area contributed by atoms with Crippen LogP contribution in [0.1, 0.15) is 31.9 Å². The van der Waals surface area contributed by atoms with Gasteiger partial charge < -0.3 is 15.4 Å². The molecule has 27 heavy (non-hydrogen) atoms. The number of benzene rings is 2. The van der Waals surface area contributed by atoms with Gasteiger partial charge in [0.15, 0.2) is 0 Å². The zero-order chi connectivity index (χ0) is 19.3. The second-order valence-corrected chi connectivity index (χ2v) is 7.39. The Kier molecular flexibility index (Phi) is 5.60. The molecular weight excluding hydrogens is 336 g/mol. The fourth-order valence-electron chi connectivity index (χ4n) is 2.82. The van der Waals surface area contributed by atoms with E-state index in [0.717, 1.165) is 22.8 Å². The largest absolute Gasteiger partial charge is 0.497 e. The summed E-state index contributed by atoms with van der Waals surface area (Å²) in [5.74, 6) is 2.20. The number of nitrogens with one attached hydrogen (secondary N) is 2. The van der Waals surface area contributed by atoms with Crippen LogP contribution in [0.15, 0.2) is 60.8 Å². The fraction of sp³-hybridized carbons (Fsp3) is 0.273. The van der Waals surface area contributed by atoms with Crippen LogP contribution in [-0.2, 0) is 12.0 Å². The van der Waals surface area contributed by atoms with Crippen molar-refractivity contribution in [1.82, 2.24) is 9.97 Å². The second-order valence-electron chi connectivity index (χ2n) is 7.39. The monoisotopic (exact) mass is 362 g/mol. The summed E-state index contributed by atoms with van der Waals surface area (Å²) in [6.45, 7) is 7.26. The SMILES string of the molecule is COc1ccc(CNc2nccc(Nc3ccccc3C(C)(C)C)n2)cc1. The smallest absolute Gasteiger partial charge is 0.224 e. The molecule has 2 N–H and O–H groups in total. The molecule has 0 atom stereocenters. The molecule has 0 fully saturated rings. The predicted octanol–water partition coefficient (Wildman–Crippen LogP) is 5.14. The van der Waals surface area contributed by atoms with Gasteiger partial charge in [-0.05, 0) is 40.8 Å². The number of rotatable bonds is 6. The molecule has 5 heteroatoms. The highest BCUT2D eigenvalue weighted by molar-refractivity contribution is 5.62. The molecule has 140 valence electrons. The van der Waals surface area contributed by atoms with Crippen LogP contribution in [0.2, 0.25) is 0 Å². The van der Waals surface area contributed by atoms with Crippen molar-refractivity contribution < 1.29 is 4.74 Å². The molecule has 0 aliphatic rings. The van der Waals surface area contributed by atoms with E-state index in [1.54, 1.807) is 13.3 Å². The van der Waals surface area contributed by atoms with Crippen LogP contribution >= 0.6 is 0 Å². The van der Waals surface area contributed by atoms with Crippen molar-refractivity contribution in [3.05, 3.63) is 71.9 Å². The summed E-state index contributed by atoms with van der Waals surface area (Å²) in [6, 6.07) is 18.1. The molecule has 0 bridgehead atoms. The van der Waals surface area contributed by atoms with Gasteiger partial charge in [-0.15, -0.1) is 0 Å². The maximum absolute atomic E-state index is 5.18. The van der Waals surface area contributed by atoms with Gasteiger partial charge in [-0.1, -0.05) is 51.1 Å². The molecule has 0 aliphatic heterocycles. The quantitative estimate of drug-likeness (QED) is 0.636. The topological polar surface area (TPSA) is 59.1 Å². The van der Waals surface area contributed by atoms with Gasteiger partial charge in [-0.2, -0.15) is 4.98 Å². The van der Waals surface area contributed by atoms with E-state index in [4.69, 9.17) is 4.74 Å². The number of hydrogen-bond acceptors (Lipinski definition) is 5. The summed E-state index contributed by atoms with van der Waals surface area (Å²) in [5.41, 5.74) is 3.49. The van der Waals surface area contributed by atoms with E-state index in [1.165, 1.54) is 5.56 Å². The van der Waals surface area contributed by atoms with Crippen molar-refractivity contribution in [2.24, 2.45) is 0 Å². The van der Waals surface area contributed by atoms with E-state index in [-0.39, 0.29) is 5.41 Å². The van der Waals surface area contributed by atoms with Crippen molar-refractivity contribution in [2.45, 2.75) is 32.7 Å². The van der Waals surface area contributed by atoms with Crippen LogP contribution < -0.4 is 15.4 Å². The lowest BCUT2D eigenvalue weighted by Crippen LogP contribution is -2.14. The Morgan fingerprint density at radius 3 is 2.41 bits per heavy atom. The lowest BCUT2D eigenvalue weighted by Gasteiger charge is -2.23. The molecule has 0 unspecified atom stereocenters. The lowest BCUT2D eigenvalue weighted by atomic mass is 9.86. The predicted molar refractivity (Wildman–Crippen MR) is 111 cm³/mol. The molecule has 1 aromatic heterocycles. The Morgan fingerprint density at radius 2 is 1.70 bits per heavy atom. The number of hydrogen-bond donors (Lipinski definition) is 2. The molecule has 0 saturated heterocycles. The maximum atomic E-state index is 5.18. The van der Waals surface area contributed by atoms with Gasteiger partial charge >= 0.3 is 0 Å². The third-order valence-corrected chi connectivity index (χ3v) is 4.26. The highest BCUT2D eigenvalue weighted by Gasteiger charge is 2.17. The van der Waals surface area contributed by atoms with Gasteiger partial charge in [0.05, 0.1) is 7.11 Å². The van der Waals surface area contributed by atoms with Crippen LogP contribution in [-0.4, -0.2) is 17.1 Å². The Labute approximate surface area is 160 Å². The number of anilines is 3. The van der Waals surface area contributed by atoms with Crippen molar-refractivity contribution in [1.29, 1.82) is 0 Å². The van der Waals surface area contributed by atoms with Crippen LogP contribution in [0.4, 0.5) is 17.5 Å². The van der Waals surface area contributed by atoms with E-state index in [2.05, 4.69) is 59.6 Å². The third-order valence-electron chi connectivity index (χ3n) is 4.26. The van der Waals surface area contributed by atoms with Gasteiger partial charge in [-0.25, -0.2) is 4.98 Å². The van der Waals surface area contributed by atoms with E-state index >= 15 is 0 Å². The number of aromatic nitrogens is 2. The molecule has 2 aromatic carbocycles. The van der Waals surface area contributed by atoms with Crippen LogP contribution in [0, 0.1) is 0 Å². The average molecular weight is 362 g/mol. The van der Waals surface area contributed by atoms with E-state index < -0.39 is 0 Å². The highest BCUT2D eigenvalue weighted by atomic mass is 16.5. The third kappa shape index (κ3) is 4.97. The Morgan fingerprint density at radius 1 is 0.963 bits per heavy atom. The summed E-state index contributed by atoms with van der Waals surface area (Å²) in [6.07, 6.45) is 1.76. The fourth-order valence-corrected chi connectivity index (χ4v) is 2.82. The van der Waals surface area contributed by atoms with Gasteiger partial charge in [0.25, 0.3) is 0 Å². The molecule has 0 aliphatic carbocycles. The van der Waals surface area contributed by atoms with Crippen LogP contribution in [0.3, 0.4) is 0 Å². The minimum Gasteiger partial charge on any atom is -0.497 e.